The van der Waals surface area contributed by atoms with Crippen molar-refractivity contribution in [1.82, 2.24) is 20.3 Å². The molecule has 0 saturated heterocycles. The van der Waals surface area contributed by atoms with E-state index in [9.17, 15) is 4.79 Å². The van der Waals surface area contributed by atoms with E-state index in [0.29, 0.717) is 12.1 Å². The number of aromatic nitrogens is 3. The average molecular weight is 320 g/mol. The van der Waals surface area contributed by atoms with Crippen molar-refractivity contribution >= 4 is 5.91 Å². The summed E-state index contributed by atoms with van der Waals surface area (Å²) >= 11 is 0. The Kier molecular flexibility index (Phi) is 4.76. The van der Waals surface area contributed by atoms with Crippen molar-refractivity contribution < 1.29 is 9.53 Å². The molecule has 0 atom stereocenters. The largest absolute Gasteiger partial charge is 0.497 e. The van der Waals surface area contributed by atoms with E-state index >= 15 is 0 Å². The lowest BCUT2D eigenvalue weighted by molar-refractivity contribution is 0.0950. The summed E-state index contributed by atoms with van der Waals surface area (Å²) in [6.45, 7) is 0.442. The van der Waals surface area contributed by atoms with E-state index in [1.165, 1.54) is 6.33 Å². The van der Waals surface area contributed by atoms with E-state index < -0.39 is 0 Å². The number of nitrogens with zero attached hydrogens (tertiary/aromatic N) is 3. The van der Waals surface area contributed by atoms with Crippen LogP contribution in [0, 0.1) is 0 Å². The molecule has 6 nitrogen and oxygen atoms in total. The molecule has 1 aromatic carbocycles. The first-order valence-electron chi connectivity index (χ1n) is 7.39. The van der Waals surface area contributed by atoms with Crippen LogP contribution < -0.4 is 10.1 Å². The summed E-state index contributed by atoms with van der Waals surface area (Å²) in [6, 6.07) is 11.1. The van der Waals surface area contributed by atoms with Crippen LogP contribution in [-0.4, -0.2) is 28.0 Å². The fraction of sp³-hybridized carbons (Fsp3) is 0.111. The van der Waals surface area contributed by atoms with Gasteiger partial charge in [0.15, 0.2) is 0 Å². The molecule has 2 heterocycles. The highest BCUT2D eigenvalue weighted by atomic mass is 16.5. The van der Waals surface area contributed by atoms with Gasteiger partial charge in [-0.15, -0.1) is 0 Å². The van der Waals surface area contributed by atoms with E-state index in [0.717, 1.165) is 22.6 Å². The summed E-state index contributed by atoms with van der Waals surface area (Å²) in [5, 5.41) is 2.87. The molecule has 0 aliphatic heterocycles. The third-order valence-corrected chi connectivity index (χ3v) is 3.49. The Balaban J connectivity index is 1.62. The van der Waals surface area contributed by atoms with Crippen molar-refractivity contribution in [1.29, 1.82) is 0 Å². The van der Waals surface area contributed by atoms with Crippen molar-refractivity contribution in [2.45, 2.75) is 6.54 Å². The Bertz CT molecular complexity index is 803. The number of ether oxygens (including phenoxy) is 1. The molecule has 0 aliphatic rings. The molecule has 0 radical (unpaired) electrons. The van der Waals surface area contributed by atoms with Gasteiger partial charge in [0.2, 0.25) is 0 Å². The van der Waals surface area contributed by atoms with Gasteiger partial charge in [0.25, 0.3) is 5.91 Å². The highest BCUT2D eigenvalue weighted by molar-refractivity contribution is 5.94. The van der Waals surface area contributed by atoms with Gasteiger partial charge in [0.1, 0.15) is 12.1 Å². The minimum absolute atomic E-state index is 0.172. The second kappa shape index (κ2) is 7.32. The molecule has 0 spiro atoms. The summed E-state index contributed by atoms with van der Waals surface area (Å²) in [5.41, 5.74) is 3.03. The highest BCUT2D eigenvalue weighted by Crippen LogP contribution is 2.14. The molecule has 0 aliphatic carbocycles. The van der Waals surface area contributed by atoms with Gasteiger partial charge in [-0.3, -0.25) is 9.78 Å². The molecule has 3 aromatic rings. The number of carbonyl (C=O) groups is 1. The number of hydrogen-bond acceptors (Lipinski definition) is 5. The first-order valence-corrected chi connectivity index (χ1v) is 7.39. The van der Waals surface area contributed by atoms with Gasteiger partial charge in [0.05, 0.1) is 18.4 Å². The lowest BCUT2D eigenvalue weighted by Crippen LogP contribution is -2.22. The van der Waals surface area contributed by atoms with Crippen molar-refractivity contribution in [2.24, 2.45) is 0 Å². The van der Waals surface area contributed by atoms with Gasteiger partial charge in [-0.2, -0.15) is 0 Å². The number of amides is 1. The molecule has 1 amide bonds. The van der Waals surface area contributed by atoms with Crippen LogP contribution in [0.1, 0.15) is 15.9 Å². The number of benzene rings is 1. The van der Waals surface area contributed by atoms with Crippen LogP contribution in [0.25, 0.3) is 11.3 Å². The third-order valence-electron chi connectivity index (χ3n) is 3.49. The van der Waals surface area contributed by atoms with Crippen LogP contribution in [0.4, 0.5) is 0 Å². The normalized spacial score (nSPS) is 10.2. The van der Waals surface area contributed by atoms with Gasteiger partial charge < -0.3 is 10.1 Å². The first-order chi connectivity index (χ1) is 11.8. The smallest absolute Gasteiger partial charge is 0.253 e. The molecule has 1 N–H and O–H groups in total. The molecular weight excluding hydrogens is 304 g/mol. The van der Waals surface area contributed by atoms with E-state index in [1.54, 1.807) is 37.8 Å². The predicted octanol–water partition coefficient (Wildman–Crippen LogP) is 2.48. The molecule has 2 aromatic heterocycles. The minimum Gasteiger partial charge on any atom is -0.497 e. The van der Waals surface area contributed by atoms with Crippen LogP contribution >= 0.6 is 0 Å². The predicted molar refractivity (Wildman–Crippen MR) is 89.4 cm³/mol. The minimum atomic E-state index is -0.172. The molecule has 3 rings (SSSR count). The Morgan fingerprint density at radius 3 is 2.42 bits per heavy atom. The summed E-state index contributed by atoms with van der Waals surface area (Å²) in [6.07, 6.45) is 6.37. The Morgan fingerprint density at radius 1 is 1.04 bits per heavy atom. The second-order valence-corrected chi connectivity index (χ2v) is 5.09. The SMILES string of the molecule is COc1ccc(CNC(=O)c2ccc(-c3cncnc3)nc2)cc1. The van der Waals surface area contributed by atoms with E-state index in [4.69, 9.17) is 4.74 Å². The fourth-order valence-electron chi connectivity index (χ4n) is 2.16. The number of hydrogen-bond donors (Lipinski definition) is 1. The summed E-state index contributed by atoms with van der Waals surface area (Å²) in [5.74, 6) is 0.615. The maximum atomic E-state index is 12.2. The van der Waals surface area contributed by atoms with Crippen molar-refractivity contribution in [3.05, 3.63) is 72.4 Å². The number of nitrogens with one attached hydrogen (secondary N) is 1. The van der Waals surface area contributed by atoms with Gasteiger partial charge >= 0.3 is 0 Å². The maximum Gasteiger partial charge on any atom is 0.253 e. The average Bonchev–Trinajstić information content (AvgIpc) is 2.67. The first kappa shape index (κ1) is 15.6. The van der Waals surface area contributed by atoms with Gasteiger partial charge in [0, 0.05) is 30.7 Å². The number of carbonyl (C=O) groups excluding carboxylic acids is 1. The van der Waals surface area contributed by atoms with Gasteiger partial charge in [-0.05, 0) is 29.8 Å². The van der Waals surface area contributed by atoms with Crippen LogP contribution in [0.5, 0.6) is 5.75 Å². The van der Waals surface area contributed by atoms with Gasteiger partial charge in [-0.1, -0.05) is 12.1 Å². The Morgan fingerprint density at radius 2 is 1.79 bits per heavy atom. The fourth-order valence-corrected chi connectivity index (χ4v) is 2.16. The monoisotopic (exact) mass is 320 g/mol. The quantitative estimate of drug-likeness (QED) is 0.781. The summed E-state index contributed by atoms with van der Waals surface area (Å²) in [4.78, 5) is 24.4. The molecule has 0 unspecified atom stereocenters. The zero-order valence-electron chi connectivity index (χ0n) is 13.1. The molecule has 120 valence electrons. The number of rotatable bonds is 5. The number of pyridine rings is 1. The Labute approximate surface area is 139 Å². The lowest BCUT2D eigenvalue weighted by Gasteiger charge is -2.07. The van der Waals surface area contributed by atoms with E-state index in [2.05, 4.69) is 20.3 Å². The van der Waals surface area contributed by atoms with Crippen LogP contribution in [0.15, 0.2) is 61.3 Å². The Hall–Kier alpha value is -3.28. The third kappa shape index (κ3) is 3.73. The molecular formula is C18H16N4O2. The molecule has 6 heteroatoms. The summed E-state index contributed by atoms with van der Waals surface area (Å²) in [7, 11) is 1.62. The van der Waals surface area contributed by atoms with E-state index in [-0.39, 0.29) is 5.91 Å². The zero-order chi connectivity index (χ0) is 16.8. The topological polar surface area (TPSA) is 77.0 Å². The molecule has 0 saturated carbocycles. The van der Waals surface area contributed by atoms with E-state index in [1.807, 2.05) is 24.3 Å². The lowest BCUT2D eigenvalue weighted by atomic mass is 10.1. The van der Waals surface area contributed by atoms with Crippen molar-refractivity contribution in [3.8, 4) is 17.0 Å². The van der Waals surface area contributed by atoms with Gasteiger partial charge in [-0.25, -0.2) is 9.97 Å². The highest BCUT2D eigenvalue weighted by Gasteiger charge is 2.07. The maximum absolute atomic E-state index is 12.2. The second-order valence-electron chi connectivity index (χ2n) is 5.09. The van der Waals surface area contributed by atoms with Crippen LogP contribution in [0.2, 0.25) is 0 Å². The molecule has 24 heavy (non-hydrogen) atoms. The zero-order valence-corrected chi connectivity index (χ0v) is 13.1. The van der Waals surface area contributed by atoms with Crippen molar-refractivity contribution in [2.75, 3.05) is 7.11 Å². The molecule has 0 bridgehead atoms. The number of methoxy groups -OCH3 is 1. The summed E-state index contributed by atoms with van der Waals surface area (Å²) < 4.78 is 5.11. The van der Waals surface area contributed by atoms with Crippen LogP contribution in [-0.2, 0) is 6.54 Å². The molecule has 0 fully saturated rings. The van der Waals surface area contributed by atoms with Crippen molar-refractivity contribution in [3.63, 3.8) is 0 Å². The van der Waals surface area contributed by atoms with Crippen LogP contribution in [0.3, 0.4) is 0 Å². The standard InChI is InChI=1S/C18H16N4O2/c1-24-16-5-2-13(3-6-16)8-22-18(23)14-4-7-17(21-11-14)15-9-19-12-20-10-15/h2-7,9-12H,8H2,1H3,(H,22,23).